The van der Waals surface area contributed by atoms with Gasteiger partial charge in [0.1, 0.15) is 6.61 Å². The summed E-state index contributed by atoms with van der Waals surface area (Å²) in [6.07, 6.45) is 0.153. The molecule has 31 heavy (non-hydrogen) atoms. The molecule has 0 bridgehead atoms. The van der Waals surface area contributed by atoms with Gasteiger partial charge >= 0.3 is 0 Å². The number of H-pyrrole nitrogens is 1. The maximum absolute atomic E-state index is 12.7. The minimum absolute atomic E-state index is 0.145. The quantitative estimate of drug-likeness (QED) is 0.506. The number of carbonyl (C=O) groups excluding carboxylic acids is 1. The topological polar surface area (TPSA) is 107 Å². The van der Waals surface area contributed by atoms with Crippen LogP contribution in [0.2, 0.25) is 0 Å². The zero-order chi connectivity index (χ0) is 22.5. The lowest BCUT2D eigenvalue weighted by molar-refractivity contribution is -0.121. The first kappa shape index (κ1) is 22.4. The molecule has 0 saturated carbocycles. The van der Waals surface area contributed by atoms with Crippen LogP contribution in [-0.2, 0) is 16.0 Å². The van der Waals surface area contributed by atoms with E-state index in [1.54, 1.807) is 18.7 Å². The zero-order valence-electron chi connectivity index (χ0n) is 18.4. The Kier molecular flexibility index (Phi) is 6.96. The van der Waals surface area contributed by atoms with E-state index in [1.165, 1.54) is 6.07 Å². The van der Waals surface area contributed by atoms with Crippen LogP contribution in [0, 0.1) is 13.8 Å². The fourth-order valence-electron chi connectivity index (χ4n) is 3.46. The van der Waals surface area contributed by atoms with E-state index >= 15 is 0 Å². The average Bonchev–Trinajstić information content (AvgIpc) is 3.11. The fraction of sp³-hybridized carbons (Fsp3) is 0.409. The van der Waals surface area contributed by atoms with E-state index < -0.39 is 0 Å². The summed E-state index contributed by atoms with van der Waals surface area (Å²) in [5.41, 5.74) is 3.49. The number of fused-ring (bicyclic) bond motifs is 1. The van der Waals surface area contributed by atoms with E-state index in [0.717, 1.165) is 22.5 Å². The van der Waals surface area contributed by atoms with Gasteiger partial charge in [0.2, 0.25) is 5.91 Å². The molecule has 0 aliphatic carbocycles. The normalized spacial score (nSPS) is 12.0. The second kappa shape index (κ2) is 9.65. The molecule has 9 nitrogen and oxygen atoms in total. The van der Waals surface area contributed by atoms with Crippen LogP contribution in [-0.4, -0.2) is 47.9 Å². The summed E-state index contributed by atoms with van der Waals surface area (Å²) in [5.74, 6) is 1.06. The van der Waals surface area contributed by atoms with Crippen molar-refractivity contribution in [3.8, 4) is 11.5 Å². The van der Waals surface area contributed by atoms with Crippen LogP contribution in [0.5, 0.6) is 11.5 Å². The minimum Gasteiger partial charge on any atom is -0.493 e. The van der Waals surface area contributed by atoms with Crippen molar-refractivity contribution in [2.75, 3.05) is 27.4 Å². The van der Waals surface area contributed by atoms with Crippen LogP contribution >= 0.6 is 0 Å². The first-order chi connectivity index (χ1) is 14.8. The SMILES string of the molecule is COCCOc1ccc(C(C)NC(=O)Cc2c(C)nc3cc(=O)[nH]n3c2C)cc1OC. The summed E-state index contributed by atoms with van der Waals surface area (Å²) in [4.78, 5) is 28.8. The van der Waals surface area contributed by atoms with Gasteiger partial charge in [0.15, 0.2) is 17.1 Å². The number of hydrogen-bond donors (Lipinski definition) is 2. The molecule has 0 spiro atoms. The molecule has 1 atom stereocenters. The van der Waals surface area contributed by atoms with Gasteiger partial charge in [0, 0.05) is 30.1 Å². The third kappa shape index (κ3) is 5.05. The number of amides is 1. The standard InChI is InChI=1S/C22H28N4O5/c1-13(16-6-7-18(19(10-16)30-5)31-9-8-29-4)24-21(27)11-17-14(2)23-20-12-22(28)25-26(20)15(17)3/h6-7,10,12-13H,8-9,11H2,1-5H3,(H,24,27)(H,25,28). The Hall–Kier alpha value is -3.33. The predicted octanol–water partition coefficient (Wildman–Crippen LogP) is 2.09. The summed E-state index contributed by atoms with van der Waals surface area (Å²) in [7, 11) is 3.19. The van der Waals surface area contributed by atoms with Crippen LogP contribution in [0.3, 0.4) is 0 Å². The number of aromatic nitrogens is 3. The van der Waals surface area contributed by atoms with Gasteiger partial charge in [-0.2, -0.15) is 0 Å². The van der Waals surface area contributed by atoms with Crippen molar-refractivity contribution in [3.63, 3.8) is 0 Å². The number of hydrogen-bond acceptors (Lipinski definition) is 6. The molecule has 0 aliphatic heterocycles. The molecule has 1 unspecified atom stereocenters. The number of carbonyl (C=O) groups is 1. The maximum atomic E-state index is 12.7. The largest absolute Gasteiger partial charge is 0.493 e. The van der Waals surface area contributed by atoms with Gasteiger partial charge < -0.3 is 19.5 Å². The molecule has 0 aliphatic rings. The summed E-state index contributed by atoms with van der Waals surface area (Å²) in [5, 5.41) is 5.71. The number of aryl methyl sites for hydroxylation is 2. The highest BCUT2D eigenvalue weighted by Gasteiger charge is 2.17. The molecule has 9 heteroatoms. The van der Waals surface area contributed by atoms with Crippen LogP contribution in [0.1, 0.15) is 35.5 Å². The van der Waals surface area contributed by atoms with Crippen molar-refractivity contribution < 1.29 is 19.0 Å². The lowest BCUT2D eigenvalue weighted by Gasteiger charge is -2.18. The lowest BCUT2D eigenvalue weighted by Crippen LogP contribution is -2.29. The van der Waals surface area contributed by atoms with Crippen LogP contribution < -0.4 is 20.3 Å². The number of nitrogens with zero attached hydrogens (tertiary/aromatic N) is 2. The molecule has 1 amide bonds. The molecule has 3 rings (SSSR count). The van der Waals surface area contributed by atoms with Crippen molar-refractivity contribution >= 4 is 11.6 Å². The highest BCUT2D eigenvalue weighted by Crippen LogP contribution is 2.30. The van der Waals surface area contributed by atoms with E-state index in [1.807, 2.05) is 39.0 Å². The third-order valence-corrected chi connectivity index (χ3v) is 5.15. The number of methoxy groups -OCH3 is 2. The lowest BCUT2D eigenvalue weighted by atomic mass is 10.1. The monoisotopic (exact) mass is 428 g/mol. The van der Waals surface area contributed by atoms with Gasteiger partial charge in [-0.1, -0.05) is 6.07 Å². The molecule has 1 aromatic carbocycles. The molecule has 166 valence electrons. The Morgan fingerprint density at radius 3 is 2.68 bits per heavy atom. The van der Waals surface area contributed by atoms with Gasteiger partial charge in [-0.25, -0.2) is 9.50 Å². The van der Waals surface area contributed by atoms with E-state index in [2.05, 4.69) is 15.4 Å². The Morgan fingerprint density at radius 1 is 1.19 bits per heavy atom. The van der Waals surface area contributed by atoms with Crippen molar-refractivity contribution in [2.45, 2.75) is 33.2 Å². The average molecular weight is 428 g/mol. The Labute approximate surface area is 180 Å². The van der Waals surface area contributed by atoms with Crippen molar-refractivity contribution in [1.29, 1.82) is 0 Å². The highest BCUT2D eigenvalue weighted by atomic mass is 16.5. The molecular weight excluding hydrogens is 400 g/mol. The van der Waals surface area contributed by atoms with Gasteiger partial charge in [0.25, 0.3) is 5.56 Å². The van der Waals surface area contributed by atoms with Crippen molar-refractivity contribution in [3.05, 3.63) is 57.1 Å². The Balaban J connectivity index is 1.72. The van der Waals surface area contributed by atoms with E-state index in [9.17, 15) is 9.59 Å². The molecule has 0 saturated heterocycles. The Bertz CT molecular complexity index is 1130. The van der Waals surface area contributed by atoms with Gasteiger partial charge in [-0.3, -0.25) is 14.7 Å². The van der Waals surface area contributed by atoms with Gasteiger partial charge in [-0.15, -0.1) is 0 Å². The minimum atomic E-state index is -0.238. The van der Waals surface area contributed by atoms with E-state index in [4.69, 9.17) is 14.2 Å². The second-order valence-corrected chi connectivity index (χ2v) is 7.29. The van der Waals surface area contributed by atoms with Gasteiger partial charge in [0.05, 0.1) is 26.2 Å². The molecule has 2 N–H and O–H groups in total. The van der Waals surface area contributed by atoms with E-state index in [-0.39, 0.29) is 23.9 Å². The summed E-state index contributed by atoms with van der Waals surface area (Å²) in [6.45, 7) is 6.50. The van der Waals surface area contributed by atoms with Crippen LogP contribution in [0.25, 0.3) is 5.65 Å². The fourth-order valence-corrected chi connectivity index (χ4v) is 3.46. The Morgan fingerprint density at radius 2 is 1.97 bits per heavy atom. The van der Waals surface area contributed by atoms with Crippen molar-refractivity contribution in [2.24, 2.45) is 0 Å². The van der Waals surface area contributed by atoms with Crippen molar-refractivity contribution in [1.82, 2.24) is 19.9 Å². The first-order valence-corrected chi connectivity index (χ1v) is 10.0. The summed E-state index contributed by atoms with van der Waals surface area (Å²) < 4.78 is 17.7. The third-order valence-electron chi connectivity index (χ3n) is 5.15. The number of nitrogens with one attached hydrogen (secondary N) is 2. The smallest absolute Gasteiger partial charge is 0.266 e. The number of benzene rings is 1. The summed E-state index contributed by atoms with van der Waals surface area (Å²) >= 11 is 0. The van der Waals surface area contributed by atoms with Crippen LogP contribution in [0.4, 0.5) is 0 Å². The second-order valence-electron chi connectivity index (χ2n) is 7.29. The number of ether oxygens (including phenoxy) is 3. The zero-order valence-corrected chi connectivity index (χ0v) is 18.4. The first-order valence-electron chi connectivity index (χ1n) is 10.0. The van der Waals surface area contributed by atoms with E-state index in [0.29, 0.717) is 30.4 Å². The van der Waals surface area contributed by atoms with Gasteiger partial charge in [-0.05, 0) is 38.5 Å². The number of rotatable bonds is 9. The molecule has 0 radical (unpaired) electrons. The summed E-state index contributed by atoms with van der Waals surface area (Å²) in [6, 6.07) is 6.76. The molecule has 0 fully saturated rings. The molecule has 2 heterocycles. The maximum Gasteiger partial charge on any atom is 0.266 e. The molecule has 2 aromatic heterocycles. The highest BCUT2D eigenvalue weighted by molar-refractivity contribution is 5.79. The molecule has 3 aromatic rings. The predicted molar refractivity (Wildman–Crippen MR) is 116 cm³/mol. The van der Waals surface area contributed by atoms with Crippen LogP contribution in [0.15, 0.2) is 29.1 Å². The number of aromatic amines is 1. The molecular formula is C22H28N4O5.